The van der Waals surface area contributed by atoms with Gasteiger partial charge in [-0.1, -0.05) is 0 Å². The van der Waals surface area contributed by atoms with Crippen molar-refractivity contribution in [3.63, 3.8) is 0 Å². The van der Waals surface area contributed by atoms with Crippen LogP contribution in [0.1, 0.15) is 19.8 Å². The molecule has 0 bridgehead atoms. The monoisotopic (exact) mass is 420 g/mol. The normalized spacial score (nSPS) is 36.3. The van der Waals surface area contributed by atoms with Crippen molar-refractivity contribution >= 4 is 23.6 Å². The van der Waals surface area contributed by atoms with Gasteiger partial charge in [-0.15, -0.1) is 0 Å². The number of alkyl halides is 3. The summed E-state index contributed by atoms with van der Waals surface area (Å²) in [6.07, 6.45) is -5.53. The standard InChI is InChI=1S/C15H20F3N7O4/c1-5(26)7-8-13(24-10(19)23-8)14(28,29)6(4-25(13)11(20)22-7)21-9(27)12(2-3-12)15(16,17)18/h6-8,28-29H,2-4H2,1H3,(H6,19,20,21,22,23,24,27)/p+1/t6-,7?,8-,13-/m0/s1. The van der Waals surface area contributed by atoms with E-state index in [2.05, 4.69) is 20.9 Å². The molecule has 0 radical (unpaired) electrons. The van der Waals surface area contributed by atoms with Crippen molar-refractivity contribution in [1.29, 1.82) is 0 Å². The first kappa shape index (κ1) is 19.7. The Labute approximate surface area is 162 Å². The number of nitrogens with two attached hydrogens (primary N) is 2. The number of nitrogens with one attached hydrogen (secondary N) is 3. The first-order valence-electron chi connectivity index (χ1n) is 8.89. The van der Waals surface area contributed by atoms with Gasteiger partial charge in [0.25, 0.3) is 0 Å². The topological polar surface area (TPSA) is 178 Å². The zero-order valence-corrected chi connectivity index (χ0v) is 15.2. The zero-order valence-electron chi connectivity index (χ0n) is 15.2. The van der Waals surface area contributed by atoms with E-state index in [1.807, 2.05) is 0 Å². The molecular formula is C15H21F3N7O4+. The SMILES string of the molecule is CC(=O)C1NC(N)=[N+]2C[C@H](NC(=O)C3(C(F)(F)F)CC3)C(O)(O)[C@@]23NC(N)=N[C@@H]13. The van der Waals surface area contributed by atoms with Gasteiger partial charge in [0.15, 0.2) is 23.8 Å². The molecule has 2 fully saturated rings. The summed E-state index contributed by atoms with van der Waals surface area (Å²) in [4.78, 5) is 28.5. The van der Waals surface area contributed by atoms with E-state index in [1.54, 1.807) is 0 Å². The Hall–Kier alpha value is -2.61. The predicted octanol–water partition coefficient (Wildman–Crippen LogP) is -3.62. The van der Waals surface area contributed by atoms with Crippen LogP contribution in [0.3, 0.4) is 0 Å². The van der Waals surface area contributed by atoms with Crippen LogP contribution in [0.25, 0.3) is 0 Å². The fourth-order valence-corrected chi connectivity index (χ4v) is 4.45. The number of carbonyl (C=O) groups is 2. The maximum absolute atomic E-state index is 13.3. The van der Waals surface area contributed by atoms with Crippen LogP contribution < -0.4 is 27.4 Å². The molecular weight excluding hydrogens is 399 g/mol. The van der Waals surface area contributed by atoms with Crippen LogP contribution >= 0.6 is 0 Å². The lowest BCUT2D eigenvalue weighted by atomic mass is 9.84. The second-order valence-corrected chi connectivity index (χ2v) is 7.91. The van der Waals surface area contributed by atoms with Crippen LogP contribution in [0.2, 0.25) is 0 Å². The minimum Gasteiger partial charge on any atom is -0.370 e. The summed E-state index contributed by atoms with van der Waals surface area (Å²) < 4.78 is 41.0. The van der Waals surface area contributed by atoms with Crippen molar-refractivity contribution in [2.75, 3.05) is 6.54 Å². The second-order valence-electron chi connectivity index (χ2n) is 7.91. The molecule has 14 heteroatoms. The summed E-state index contributed by atoms with van der Waals surface area (Å²) in [5, 5.41) is 29.4. The molecule has 1 saturated heterocycles. The predicted molar refractivity (Wildman–Crippen MR) is 90.0 cm³/mol. The average molecular weight is 420 g/mol. The molecule has 1 spiro atoms. The Morgan fingerprint density at radius 2 is 1.93 bits per heavy atom. The molecule has 0 aromatic rings. The van der Waals surface area contributed by atoms with E-state index in [1.165, 1.54) is 11.5 Å². The van der Waals surface area contributed by atoms with Crippen LogP contribution in [0.15, 0.2) is 4.99 Å². The third-order valence-corrected chi connectivity index (χ3v) is 6.24. The lowest BCUT2D eigenvalue weighted by Crippen LogP contribution is -2.79. The minimum atomic E-state index is -4.76. The summed E-state index contributed by atoms with van der Waals surface area (Å²) >= 11 is 0. The Morgan fingerprint density at radius 1 is 1.31 bits per heavy atom. The first-order chi connectivity index (χ1) is 13.3. The Balaban J connectivity index is 1.72. The van der Waals surface area contributed by atoms with Crippen molar-refractivity contribution in [2.45, 2.75) is 55.5 Å². The van der Waals surface area contributed by atoms with Crippen molar-refractivity contribution in [3.8, 4) is 0 Å². The molecule has 0 aromatic carbocycles. The summed E-state index contributed by atoms with van der Waals surface area (Å²) in [6, 6.07) is -3.81. The summed E-state index contributed by atoms with van der Waals surface area (Å²) in [6.45, 7) is 0.881. The maximum Gasteiger partial charge on any atom is 0.403 e. The smallest absolute Gasteiger partial charge is 0.370 e. The van der Waals surface area contributed by atoms with E-state index in [4.69, 9.17) is 11.5 Å². The molecule has 3 aliphatic heterocycles. The zero-order chi connectivity index (χ0) is 21.6. The van der Waals surface area contributed by atoms with Gasteiger partial charge in [0.05, 0.1) is 6.54 Å². The maximum atomic E-state index is 13.3. The van der Waals surface area contributed by atoms with Crippen molar-refractivity contribution in [2.24, 2.45) is 21.9 Å². The molecule has 9 N–H and O–H groups in total. The van der Waals surface area contributed by atoms with Crippen LogP contribution in [0, 0.1) is 5.41 Å². The number of rotatable bonds is 3. The molecule has 1 unspecified atom stereocenters. The number of Topliss-reactive ketones (excluding diaryl/α,β-unsaturated/α-hetero) is 1. The largest absolute Gasteiger partial charge is 0.403 e. The number of aliphatic hydroxyl groups is 2. The average Bonchev–Trinajstić information content (AvgIpc) is 3.29. The molecule has 1 saturated carbocycles. The number of hydrogen-bond acceptors (Lipinski definition) is 9. The molecule has 4 rings (SSSR count). The fourth-order valence-electron chi connectivity index (χ4n) is 4.45. The number of ketones is 1. The van der Waals surface area contributed by atoms with E-state index in [0.717, 1.165) is 0 Å². The molecule has 3 heterocycles. The molecule has 1 aliphatic carbocycles. The third kappa shape index (κ3) is 2.32. The second kappa shape index (κ2) is 5.50. The summed E-state index contributed by atoms with van der Waals surface area (Å²) in [5.41, 5.74) is 7.19. The number of carbonyl (C=O) groups excluding carboxylic acids is 2. The molecule has 11 nitrogen and oxygen atoms in total. The number of guanidine groups is 2. The minimum absolute atomic E-state index is 0.139. The highest BCUT2D eigenvalue weighted by Crippen LogP contribution is 2.58. The van der Waals surface area contributed by atoms with E-state index in [9.17, 15) is 33.0 Å². The van der Waals surface area contributed by atoms with Crippen LogP contribution in [-0.4, -0.2) is 80.7 Å². The van der Waals surface area contributed by atoms with Crippen molar-refractivity contribution in [1.82, 2.24) is 16.0 Å². The molecule has 0 aromatic heterocycles. The number of aliphatic imine (C=N–C) groups is 1. The van der Waals surface area contributed by atoms with Crippen LogP contribution in [0.5, 0.6) is 0 Å². The van der Waals surface area contributed by atoms with Gasteiger partial charge >= 0.3 is 12.1 Å². The summed E-state index contributed by atoms with van der Waals surface area (Å²) in [5.74, 6) is -4.98. The number of hydrogen-bond donors (Lipinski definition) is 7. The van der Waals surface area contributed by atoms with Crippen LogP contribution in [-0.2, 0) is 9.59 Å². The molecule has 160 valence electrons. The lowest BCUT2D eigenvalue weighted by molar-refractivity contribution is -0.622. The van der Waals surface area contributed by atoms with Gasteiger partial charge in [0.2, 0.25) is 17.4 Å². The highest BCUT2D eigenvalue weighted by molar-refractivity contribution is 5.91. The van der Waals surface area contributed by atoms with Gasteiger partial charge in [-0.3, -0.25) is 20.6 Å². The third-order valence-electron chi connectivity index (χ3n) is 6.24. The Morgan fingerprint density at radius 3 is 2.45 bits per heavy atom. The van der Waals surface area contributed by atoms with Gasteiger partial charge in [-0.05, 0) is 19.8 Å². The molecule has 4 aliphatic rings. The highest BCUT2D eigenvalue weighted by atomic mass is 19.4. The number of nitrogens with zero attached hydrogens (tertiary/aromatic N) is 2. The lowest BCUT2D eigenvalue weighted by Gasteiger charge is -2.43. The quantitative estimate of drug-likeness (QED) is 0.181. The van der Waals surface area contributed by atoms with E-state index in [0.29, 0.717) is 0 Å². The van der Waals surface area contributed by atoms with E-state index >= 15 is 0 Å². The Bertz CT molecular complexity index is 866. The van der Waals surface area contributed by atoms with Crippen molar-refractivity contribution in [3.05, 3.63) is 0 Å². The van der Waals surface area contributed by atoms with Gasteiger partial charge in [0, 0.05) is 0 Å². The molecule has 1 amide bonds. The van der Waals surface area contributed by atoms with Gasteiger partial charge in [-0.25, -0.2) is 9.57 Å². The van der Waals surface area contributed by atoms with Gasteiger partial charge in [0.1, 0.15) is 11.5 Å². The van der Waals surface area contributed by atoms with Gasteiger partial charge in [-0.2, -0.15) is 13.2 Å². The first-order valence-corrected chi connectivity index (χ1v) is 8.89. The fraction of sp³-hybridized carbons (Fsp3) is 0.733. The van der Waals surface area contributed by atoms with E-state index < -0.39 is 52.9 Å². The van der Waals surface area contributed by atoms with Gasteiger partial charge < -0.3 is 26.6 Å². The molecule has 4 atom stereocenters. The van der Waals surface area contributed by atoms with E-state index in [-0.39, 0.29) is 31.3 Å². The Kier molecular flexibility index (Phi) is 3.74. The number of amides is 1. The highest BCUT2D eigenvalue weighted by Gasteiger charge is 2.76. The molecule has 29 heavy (non-hydrogen) atoms. The van der Waals surface area contributed by atoms with Crippen molar-refractivity contribution < 1.29 is 37.5 Å². The number of halogens is 3. The summed E-state index contributed by atoms with van der Waals surface area (Å²) in [7, 11) is 0. The van der Waals surface area contributed by atoms with Crippen LogP contribution in [0.4, 0.5) is 13.2 Å².